The first-order valence-corrected chi connectivity index (χ1v) is 13.3. The van der Waals surface area contributed by atoms with Gasteiger partial charge in [-0.25, -0.2) is 4.98 Å². The third-order valence-electron chi connectivity index (χ3n) is 7.39. The van der Waals surface area contributed by atoms with Crippen molar-refractivity contribution in [1.82, 2.24) is 14.9 Å². The Hall–Kier alpha value is -3.58. The number of anilines is 1. The van der Waals surface area contributed by atoms with Crippen LogP contribution in [0.2, 0.25) is 5.02 Å². The van der Waals surface area contributed by atoms with E-state index in [0.717, 1.165) is 85.2 Å². The minimum absolute atomic E-state index is 0.176. The van der Waals surface area contributed by atoms with Crippen LogP contribution >= 0.6 is 11.6 Å². The Balaban J connectivity index is 1.41. The second kappa shape index (κ2) is 10.1. The van der Waals surface area contributed by atoms with Crippen LogP contribution in [-0.4, -0.2) is 33.9 Å². The highest BCUT2D eigenvalue weighted by atomic mass is 35.5. The summed E-state index contributed by atoms with van der Waals surface area (Å²) in [5.41, 5.74) is 3.63. The number of halogens is 1. The fourth-order valence-corrected chi connectivity index (χ4v) is 5.66. The molecule has 1 aliphatic carbocycles. The molecule has 1 amide bonds. The third-order valence-corrected chi connectivity index (χ3v) is 7.62. The fraction of sp³-hybridized carbons (Fsp3) is 0.345. The Kier molecular flexibility index (Phi) is 6.47. The number of H-pyrrole nitrogens is 1. The lowest BCUT2D eigenvalue weighted by Crippen LogP contribution is -2.35. The van der Waals surface area contributed by atoms with Gasteiger partial charge in [0.2, 0.25) is 0 Å². The van der Waals surface area contributed by atoms with Crippen LogP contribution in [0.4, 0.5) is 5.82 Å². The van der Waals surface area contributed by atoms with Crippen LogP contribution in [0.3, 0.4) is 0 Å². The molecule has 1 fully saturated rings. The van der Waals surface area contributed by atoms with E-state index in [1.807, 2.05) is 24.3 Å². The molecule has 0 spiro atoms. The van der Waals surface area contributed by atoms with Crippen molar-refractivity contribution < 1.29 is 9.21 Å². The number of hydrogen-bond acceptors (Lipinski definition) is 5. The number of aromatic amines is 1. The number of nitrogens with one attached hydrogen (secondary N) is 1. The number of aromatic nitrogens is 2. The molecule has 0 unspecified atom stereocenters. The summed E-state index contributed by atoms with van der Waals surface area (Å²) in [6.45, 7) is 2.39. The number of rotatable bonds is 6. The first-order chi connectivity index (χ1) is 18.0. The molecular formula is C29H29ClN4O3. The van der Waals surface area contributed by atoms with Gasteiger partial charge in [0.1, 0.15) is 17.1 Å². The Morgan fingerprint density at radius 2 is 1.89 bits per heavy atom. The lowest BCUT2D eigenvalue weighted by Gasteiger charge is -2.26. The van der Waals surface area contributed by atoms with E-state index in [-0.39, 0.29) is 23.6 Å². The van der Waals surface area contributed by atoms with Crippen LogP contribution in [0.5, 0.6) is 0 Å². The van der Waals surface area contributed by atoms with Crippen molar-refractivity contribution in [1.29, 1.82) is 0 Å². The highest BCUT2D eigenvalue weighted by Gasteiger charge is 2.26. The average molecular weight is 517 g/mol. The molecule has 8 heteroatoms. The molecule has 0 bridgehead atoms. The molecule has 1 aliphatic heterocycles. The number of nitrogens with zero attached hydrogens (tertiary/aromatic N) is 3. The number of furan rings is 1. The minimum atomic E-state index is -0.332. The maximum Gasteiger partial charge on any atom is 0.261 e. The van der Waals surface area contributed by atoms with E-state index in [2.05, 4.69) is 16.0 Å². The van der Waals surface area contributed by atoms with Gasteiger partial charge in [0.15, 0.2) is 0 Å². The van der Waals surface area contributed by atoms with Crippen molar-refractivity contribution >= 4 is 34.2 Å². The predicted molar refractivity (Wildman–Crippen MR) is 144 cm³/mol. The van der Waals surface area contributed by atoms with Gasteiger partial charge in [0.05, 0.1) is 24.9 Å². The van der Waals surface area contributed by atoms with E-state index in [0.29, 0.717) is 17.3 Å². The Morgan fingerprint density at radius 3 is 2.70 bits per heavy atom. The van der Waals surface area contributed by atoms with Gasteiger partial charge in [-0.05, 0) is 80.5 Å². The predicted octanol–water partition coefficient (Wildman–Crippen LogP) is 5.49. The van der Waals surface area contributed by atoms with Gasteiger partial charge in [-0.1, -0.05) is 17.7 Å². The second-order valence-electron chi connectivity index (χ2n) is 9.97. The van der Waals surface area contributed by atoms with Crippen molar-refractivity contribution in [2.24, 2.45) is 0 Å². The molecular weight excluding hydrogens is 488 g/mol. The molecule has 0 atom stereocenters. The van der Waals surface area contributed by atoms with Crippen molar-refractivity contribution in [3.63, 3.8) is 0 Å². The van der Waals surface area contributed by atoms with Gasteiger partial charge in [0.25, 0.3) is 11.5 Å². The highest BCUT2D eigenvalue weighted by Crippen LogP contribution is 2.30. The molecule has 1 aromatic carbocycles. The Bertz CT molecular complexity index is 1510. The summed E-state index contributed by atoms with van der Waals surface area (Å²) in [5, 5.41) is 1.60. The zero-order chi connectivity index (χ0) is 25.4. The molecule has 4 aromatic rings. The molecule has 37 heavy (non-hydrogen) atoms. The number of aryl methyl sites for hydroxylation is 2. The summed E-state index contributed by atoms with van der Waals surface area (Å²) >= 11 is 6.26. The zero-order valence-corrected chi connectivity index (χ0v) is 21.4. The van der Waals surface area contributed by atoms with Crippen LogP contribution in [0, 0.1) is 0 Å². The summed E-state index contributed by atoms with van der Waals surface area (Å²) in [6, 6.07) is 13.2. The fourth-order valence-electron chi connectivity index (χ4n) is 5.49. The lowest BCUT2D eigenvalue weighted by molar-refractivity contribution is 0.0716. The van der Waals surface area contributed by atoms with Crippen molar-refractivity contribution in [3.8, 4) is 0 Å². The second-order valence-corrected chi connectivity index (χ2v) is 10.4. The van der Waals surface area contributed by atoms with Gasteiger partial charge in [-0.15, -0.1) is 0 Å². The van der Waals surface area contributed by atoms with Gasteiger partial charge in [-0.3, -0.25) is 9.59 Å². The molecule has 3 aromatic heterocycles. The number of benzene rings is 1. The number of carbonyl (C=O) groups is 1. The van der Waals surface area contributed by atoms with Crippen LogP contribution in [0.15, 0.2) is 57.9 Å². The SMILES string of the molecule is O=C(c1cc2c([nH]c1=O)CCCC2)N(Cc1ccco1)Cc1cc2ccc(Cl)cc2nc1N1CCCC1. The smallest absolute Gasteiger partial charge is 0.261 e. The lowest BCUT2D eigenvalue weighted by atomic mass is 9.95. The van der Waals surface area contributed by atoms with Crippen LogP contribution in [0.1, 0.15) is 58.6 Å². The molecule has 7 nitrogen and oxygen atoms in total. The molecule has 1 N–H and O–H groups in total. The highest BCUT2D eigenvalue weighted by molar-refractivity contribution is 6.31. The normalized spacial score (nSPS) is 15.2. The molecule has 190 valence electrons. The number of pyridine rings is 2. The third kappa shape index (κ3) is 4.88. The maximum absolute atomic E-state index is 13.9. The van der Waals surface area contributed by atoms with Crippen molar-refractivity contribution in [3.05, 3.63) is 92.2 Å². The van der Waals surface area contributed by atoms with E-state index >= 15 is 0 Å². The molecule has 0 radical (unpaired) electrons. The van der Waals surface area contributed by atoms with Crippen LogP contribution in [0.25, 0.3) is 10.9 Å². The molecule has 4 heterocycles. The van der Waals surface area contributed by atoms with E-state index in [1.165, 1.54) is 0 Å². The van der Waals surface area contributed by atoms with Gasteiger partial charge >= 0.3 is 0 Å². The monoisotopic (exact) mass is 516 g/mol. The molecule has 2 aliphatic rings. The van der Waals surface area contributed by atoms with Crippen LogP contribution in [-0.2, 0) is 25.9 Å². The number of hydrogen-bond donors (Lipinski definition) is 1. The molecule has 6 rings (SSSR count). The molecule has 1 saturated heterocycles. The largest absolute Gasteiger partial charge is 0.467 e. The summed E-state index contributed by atoms with van der Waals surface area (Å²) in [5.74, 6) is 1.21. The quantitative estimate of drug-likeness (QED) is 0.366. The van der Waals surface area contributed by atoms with Gasteiger partial charge < -0.3 is 19.2 Å². The van der Waals surface area contributed by atoms with E-state index in [4.69, 9.17) is 21.0 Å². The zero-order valence-electron chi connectivity index (χ0n) is 20.6. The topological polar surface area (TPSA) is 82.4 Å². The minimum Gasteiger partial charge on any atom is -0.467 e. The summed E-state index contributed by atoms with van der Waals surface area (Å²) in [7, 11) is 0. The first kappa shape index (κ1) is 23.8. The van der Waals surface area contributed by atoms with E-state index in [9.17, 15) is 9.59 Å². The van der Waals surface area contributed by atoms with E-state index < -0.39 is 0 Å². The Labute approximate surface area is 220 Å². The molecule has 0 saturated carbocycles. The van der Waals surface area contributed by atoms with E-state index in [1.54, 1.807) is 23.3 Å². The van der Waals surface area contributed by atoms with Crippen molar-refractivity contribution in [2.45, 2.75) is 51.6 Å². The standard InChI is InChI=1S/C29H29ClN4O3/c30-22-10-9-20-14-21(27(31-26(20)16-22)33-11-3-4-12-33)17-34(18-23-7-5-13-37-23)29(36)24-15-19-6-1-2-8-25(19)32-28(24)35/h5,7,9-10,13-16H,1-4,6,8,11-12,17-18H2,(H,32,35). The summed E-state index contributed by atoms with van der Waals surface area (Å²) in [4.78, 5) is 38.9. The average Bonchev–Trinajstić information content (AvgIpc) is 3.62. The number of fused-ring (bicyclic) bond motifs is 2. The van der Waals surface area contributed by atoms with Gasteiger partial charge in [-0.2, -0.15) is 0 Å². The number of amides is 1. The van der Waals surface area contributed by atoms with Crippen LogP contribution < -0.4 is 10.5 Å². The summed E-state index contributed by atoms with van der Waals surface area (Å²) < 4.78 is 5.60. The first-order valence-electron chi connectivity index (χ1n) is 13.0. The number of carbonyl (C=O) groups excluding carboxylic acids is 1. The summed E-state index contributed by atoms with van der Waals surface area (Å²) in [6.07, 6.45) is 7.65. The van der Waals surface area contributed by atoms with Gasteiger partial charge in [0, 0.05) is 34.8 Å². The van der Waals surface area contributed by atoms with Crippen molar-refractivity contribution in [2.75, 3.05) is 18.0 Å². The Morgan fingerprint density at radius 1 is 1.05 bits per heavy atom. The maximum atomic E-state index is 13.9.